The molecule has 1 aromatic rings. The summed E-state index contributed by atoms with van der Waals surface area (Å²) >= 11 is 3.97. The Balaban J connectivity index is 2.02. The molecule has 1 saturated heterocycles. The number of amides is 1. The third kappa shape index (κ3) is 2.85. The molecule has 2 N–H and O–H groups in total. The van der Waals surface area contributed by atoms with Crippen LogP contribution in [0.15, 0.2) is 24.3 Å². The molecular formula is C10H11IN2OS. The highest BCUT2D eigenvalue weighted by Crippen LogP contribution is 2.18. The van der Waals surface area contributed by atoms with Gasteiger partial charge in [0.2, 0.25) is 5.91 Å². The van der Waals surface area contributed by atoms with Crippen LogP contribution in [0.4, 0.5) is 5.69 Å². The second-order valence-corrected chi connectivity index (χ2v) is 5.43. The van der Waals surface area contributed by atoms with Crippen LogP contribution in [0.3, 0.4) is 0 Å². The van der Waals surface area contributed by atoms with E-state index in [-0.39, 0.29) is 11.9 Å². The van der Waals surface area contributed by atoms with E-state index in [0.29, 0.717) is 0 Å². The molecule has 0 bridgehead atoms. The first-order valence-corrected chi connectivity index (χ1v) is 6.87. The van der Waals surface area contributed by atoms with E-state index in [0.717, 1.165) is 20.9 Å². The van der Waals surface area contributed by atoms with Crippen LogP contribution in [0.2, 0.25) is 0 Å². The molecule has 1 fully saturated rings. The van der Waals surface area contributed by atoms with Gasteiger partial charge in [-0.3, -0.25) is 10.1 Å². The highest BCUT2D eigenvalue weighted by Gasteiger charge is 2.22. The Morgan fingerprint density at radius 1 is 1.53 bits per heavy atom. The molecular weight excluding hydrogens is 323 g/mol. The third-order valence-corrected chi connectivity index (χ3v) is 4.05. The van der Waals surface area contributed by atoms with E-state index in [1.165, 1.54) is 0 Å². The molecule has 5 heteroatoms. The van der Waals surface area contributed by atoms with Gasteiger partial charge in [-0.15, -0.1) is 11.8 Å². The second kappa shape index (κ2) is 5.18. The quantitative estimate of drug-likeness (QED) is 0.812. The Bertz CT molecular complexity index is 366. The van der Waals surface area contributed by atoms with Crippen molar-refractivity contribution < 1.29 is 4.79 Å². The molecule has 1 atom stereocenters. The van der Waals surface area contributed by atoms with Crippen molar-refractivity contribution in [2.75, 3.05) is 16.9 Å². The SMILES string of the molecule is O=C(Nc1ccccc1I)C1CSCN1. The van der Waals surface area contributed by atoms with Crippen molar-refractivity contribution in [3.63, 3.8) is 0 Å². The van der Waals surface area contributed by atoms with E-state index in [1.807, 2.05) is 24.3 Å². The number of nitrogens with one attached hydrogen (secondary N) is 2. The van der Waals surface area contributed by atoms with Crippen molar-refractivity contribution in [3.05, 3.63) is 27.8 Å². The van der Waals surface area contributed by atoms with E-state index in [1.54, 1.807) is 11.8 Å². The number of benzene rings is 1. The maximum Gasteiger partial charge on any atom is 0.242 e. The van der Waals surface area contributed by atoms with Crippen molar-refractivity contribution in [3.8, 4) is 0 Å². The lowest BCUT2D eigenvalue weighted by Gasteiger charge is -2.11. The fourth-order valence-electron chi connectivity index (χ4n) is 1.35. The summed E-state index contributed by atoms with van der Waals surface area (Å²) in [7, 11) is 0. The monoisotopic (exact) mass is 334 g/mol. The van der Waals surface area contributed by atoms with Gasteiger partial charge in [0.1, 0.15) is 0 Å². The predicted molar refractivity (Wildman–Crippen MR) is 72.0 cm³/mol. The van der Waals surface area contributed by atoms with Crippen LogP contribution in [-0.4, -0.2) is 23.6 Å². The third-order valence-electron chi connectivity index (χ3n) is 2.16. The first-order chi connectivity index (χ1) is 7.27. The molecule has 15 heavy (non-hydrogen) atoms. The number of hydrogen-bond donors (Lipinski definition) is 2. The molecule has 3 nitrogen and oxygen atoms in total. The van der Waals surface area contributed by atoms with Crippen molar-refractivity contribution in [1.82, 2.24) is 5.32 Å². The van der Waals surface area contributed by atoms with Gasteiger partial charge in [-0.05, 0) is 34.7 Å². The number of para-hydroxylation sites is 1. The van der Waals surface area contributed by atoms with E-state index in [2.05, 4.69) is 33.2 Å². The number of hydrogen-bond acceptors (Lipinski definition) is 3. The van der Waals surface area contributed by atoms with Crippen LogP contribution in [0.25, 0.3) is 0 Å². The van der Waals surface area contributed by atoms with E-state index >= 15 is 0 Å². The van der Waals surface area contributed by atoms with Gasteiger partial charge >= 0.3 is 0 Å². The summed E-state index contributed by atoms with van der Waals surface area (Å²) in [6.45, 7) is 0. The zero-order valence-electron chi connectivity index (χ0n) is 8.00. The fraction of sp³-hybridized carbons (Fsp3) is 0.300. The van der Waals surface area contributed by atoms with Crippen molar-refractivity contribution in [2.45, 2.75) is 6.04 Å². The molecule has 80 valence electrons. The molecule has 1 heterocycles. The largest absolute Gasteiger partial charge is 0.324 e. The van der Waals surface area contributed by atoms with Gasteiger partial charge in [0.05, 0.1) is 11.7 Å². The molecule has 1 aromatic carbocycles. The summed E-state index contributed by atoms with van der Waals surface area (Å²) in [5, 5.41) is 6.07. The lowest BCUT2D eigenvalue weighted by atomic mass is 10.3. The Morgan fingerprint density at radius 2 is 2.33 bits per heavy atom. The van der Waals surface area contributed by atoms with Crippen LogP contribution in [0, 0.1) is 3.57 Å². The Kier molecular flexibility index (Phi) is 3.87. The van der Waals surface area contributed by atoms with Crippen LogP contribution in [0.1, 0.15) is 0 Å². The minimum atomic E-state index is -0.0500. The van der Waals surface area contributed by atoms with Gasteiger partial charge in [-0.25, -0.2) is 0 Å². The highest BCUT2D eigenvalue weighted by atomic mass is 127. The molecule has 0 aliphatic carbocycles. The smallest absolute Gasteiger partial charge is 0.242 e. The molecule has 0 aromatic heterocycles. The zero-order chi connectivity index (χ0) is 10.7. The van der Waals surface area contributed by atoms with Gasteiger partial charge in [0.15, 0.2) is 0 Å². The van der Waals surface area contributed by atoms with Gasteiger partial charge in [-0.2, -0.15) is 0 Å². The Hall–Kier alpha value is -0.270. The summed E-state index contributed by atoms with van der Waals surface area (Å²) in [4.78, 5) is 11.8. The maximum absolute atomic E-state index is 11.8. The first kappa shape index (κ1) is 11.2. The van der Waals surface area contributed by atoms with Crippen molar-refractivity contribution in [1.29, 1.82) is 0 Å². The minimum absolute atomic E-state index is 0.0500. The normalized spacial score (nSPS) is 20.2. The number of carbonyl (C=O) groups is 1. The summed E-state index contributed by atoms with van der Waals surface area (Å²) in [5.74, 6) is 1.78. The van der Waals surface area contributed by atoms with Gasteiger partial charge in [0, 0.05) is 15.2 Å². The number of carbonyl (C=O) groups excluding carboxylic acids is 1. The van der Waals surface area contributed by atoms with Crippen LogP contribution in [0.5, 0.6) is 0 Å². The summed E-state index contributed by atoms with van der Waals surface area (Å²) in [6.07, 6.45) is 0. The molecule has 0 saturated carbocycles. The number of halogens is 1. The minimum Gasteiger partial charge on any atom is -0.324 e. The van der Waals surface area contributed by atoms with Crippen molar-refractivity contribution in [2.24, 2.45) is 0 Å². The second-order valence-electron chi connectivity index (χ2n) is 3.24. The van der Waals surface area contributed by atoms with Gasteiger partial charge in [0.25, 0.3) is 0 Å². The number of thioether (sulfide) groups is 1. The van der Waals surface area contributed by atoms with E-state index < -0.39 is 0 Å². The Labute approximate surface area is 107 Å². The average Bonchev–Trinajstić information content (AvgIpc) is 2.74. The lowest BCUT2D eigenvalue weighted by Crippen LogP contribution is -2.37. The molecule has 1 amide bonds. The number of rotatable bonds is 2. The summed E-state index contributed by atoms with van der Waals surface area (Å²) in [5.41, 5.74) is 0.891. The topological polar surface area (TPSA) is 41.1 Å². The zero-order valence-corrected chi connectivity index (χ0v) is 11.0. The molecule has 1 aliphatic heterocycles. The first-order valence-electron chi connectivity index (χ1n) is 4.64. The summed E-state index contributed by atoms with van der Waals surface area (Å²) in [6, 6.07) is 7.73. The molecule has 0 spiro atoms. The molecule has 1 aliphatic rings. The Morgan fingerprint density at radius 3 is 3.00 bits per heavy atom. The molecule has 0 radical (unpaired) electrons. The number of anilines is 1. The van der Waals surface area contributed by atoms with Crippen LogP contribution < -0.4 is 10.6 Å². The lowest BCUT2D eigenvalue weighted by molar-refractivity contribution is -0.117. The van der Waals surface area contributed by atoms with E-state index in [9.17, 15) is 4.79 Å². The van der Waals surface area contributed by atoms with Crippen molar-refractivity contribution >= 4 is 45.9 Å². The van der Waals surface area contributed by atoms with Gasteiger partial charge in [-0.1, -0.05) is 12.1 Å². The fourth-order valence-corrected chi connectivity index (χ4v) is 2.81. The average molecular weight is 334 g/mol. The maximum atomic E-state index is 11.8. The van der Waals surface area contributed by atoms with Gasteiger partial charge < -0.3 is 5.32 Å². The van der Waals surface area contributed by atoms with Crippen LogP contribution >= 0.6 is 34.4 Å². The predicted octanol–water partition coefficient (Wildman–Crippen LogP) is 1.89. The standard InChI is InChI=1S/C10H11IN2OS/c11-7-3-1-2-4-8(7)13-10(14)9-5-15-6-12-9/h1-4,9,12H,5-6H2,(H,13,14). The highest BCUT2D eigenvalue weighted by molar-refractivity contribution is 14.1. The van der Waals surface area contributed by atoms with Crippen LogP contribution in [-0.2, 0) is 4.79 Å². The molecule has 1 unspecified atom stereocenters. The summed E-state index contributed by atoms with van der Waals surface area (Å²) < 4.78 is 1.06. The molecule has 2 rings (SSSR count). The van der Waals surface area contributed by atoms with E-state index in [4.69, 9.17) is 0 Å².